The van der Waals surface area contributed by atoms with Gasteiger partial charge in [0.05, 0.1) is 18.8 Å². The lowest BCUT2D eigenvalue weighted by molar-refractivity contribution is -0.274. The number of benzene rings is 3. The molecule has 36 heavy (non-hydrogen) atoms. The van der Waals surface area contributed by atoms with E-state index in [-0.39, 0.29) is 17.6 Å². The smallest absolute Gasteiger partial charge is 0.406 e. The fourth-order valence-electron chi connectivity index (χ4n) is 4.53. The predicted molar refractivity (Wildman–Crippen MR) is 123 cm³/mol. The molecule has 1 fully saturated rings. The maximum Gasteiger partial charge on any atom is 0.573 e. The summed E-state index contributed by atoms with van der Waals surface area (Å²) in [7, 11) is 0. The van der Waals surface area contributed by atoms with Gasteiger partial charge >= 0.3 is 12.5 Å². The van der Waals surface area contributed by atoms with Crippen LogP contribution < -0.4 is 10.1 Å². The summed E-state index contributed by atoms with van der Waals surface area (Å²) in [5.74, 6) is -0.449. The second-order valence-corrected chi connectivity index (χ2v) is 8.88. The molecule has 1 aliphatic rings. The summed E-state index contributed by atoms with van der Waals surface area (Å²) in [5.41, 5.74) is 0.933. The lowest BCUT2D eigenvalue weighted by atomic mass is 9.74. The van der Waals surface area contributed by atoms with Gasteiger partial charge in [0, 0.05) is 5.41 Å². The highest BCUT2D eigenvalue weighted by molar-refractivity contribution is 5.66. The second kappa shape index (κ2) is 10.5. The van der Waals surface area contributed by atoms with Crippen LogP contribution in [-0.4, -0.2) is 26.1 Å². The van der Waals surface area contributed by atoms with Gasteiger partial charge in [0.2, 0.25) is 0 Å². The summed E-state index contributed by atoms with van der Waals surface area (Å²) >= 11 is 0. The number of hydrogen-bond acceptors (Lipinski definition) is 3. The molecule has 0 unspecified atom stereocenters. The Balaban J connectivity index is 1.55. The Hall–Kier alpha value is -3.04. The predicted octanol–water partition coefficient (Wildman–Crippen LogP) is 7.11. The zero-order valence-corrected chi connectivity index (χ0v) is 19.3. The van der Waals surface area contributed by atoms with E-state index in [9.17, 15) is 26.3 Å². The largest absolute Gasteiger partial charge is 0.573 e. The summed E-state index contributed by atoms with van der Waals surface area (Å²) < 4.78 is 88.0. The standard InChI is InChI=1S/C27H25F6NO2/c28-26(29,30)23-15-19(14-21(16-23)20-6-8-24(9-7-20)36-27(31,32)33)17-35-18-25(10-12-34-13-11-25)22-4-2-1-3-5-22/h1-9,14-16,34H,10-13,17-18H2. The molecule has 1 saturated heterocycles. The maximum atomic E-state index is 13.6. The molecule has 0 saturated carbocycles. The number of nitrogens with one attached hydrogen (secondary N) is 1. The van der Waals surface area contributed by atoms with E-state index < -0.39 is 23.9 Å². The van der Waals surface area contributed by atoms with Gasteiger partial charge in [0.15, 0.2) is 0 Å². The van der Waals surface area contributed by atoms with Crippen LogP contribution >= 0.6 is 0 Å². The maximum absolute atomic E-state index is 13.6. The van der Waals surface area contributed by atoms with Crippen molar-refractivity contribution >= 4 is 0 Å². The fourth-order valence-corrected chi connectivity index (χ4v) is 4.53. The van der Waals surface area contributed by atoms with Gasteiger partial charge in [-0.2, -0.15) is 13.2 Å². The molecule has 192 valence electrons. The number of rotatable bonds is 7. The topological polar surface area (TPSA) is 30.5 Å². The zero-order chi connectivity index (χ0) is 25.8. The summed E-state index contributed by atoms with van der Waals surface area (Å²) in [6.45, 7) is 1.96. The third kappa shape index (κ3) is 6.59. The Kier molecular flexibility index (Phi) is 7.61. The van der Waals surface area contributed by atoms with Crippen LogP contribution in [-0.2, 0) is 22.9 Å². The first-order valence-corrected chi connectivity index (χ1v) is 11.5. The fraction of sp³-hybridized carbons (Fsp3) is 0.333. The third-order valence-corrected chi connectivity index (χ3v) is 6.34. The molecule has 0 aromatic heterocycles. The molecule has 0 bridgehead atoms. The number of hydrogen-bond donors (Lipinski definition) is 1. The van der Waals surface area contributed by atoms with Gasteiger partial charge in [-0.1, -0.05) is 42.5 Å². The van der Waals surface area contributed by atoms with Crippen LogP contribution in [0.15, 0.2) is 72.8 Å². The minimum absolute atomic E-state index is 0.0335. The van der Waals surface area contributed by atoms with Crippen molar-refractivity contribution in [3.63, 3.8) is 0 Å². The molecule has 0 spiro atoms. The van der Waals surface area contributed by atoms with Gasteiger partial charge in [0.1, 0.15) is 5.75 Å². The molecular weight excluding hydrogens is 484 g/mol. The van der Waals surface area contributed by atoms with Crippen LogP contribution in [0.25, 0.3) is 11.1 Å². The van der Waals surface area contributed by atoms with E-state index in [2.05, 4.69) is 10.1 Å². The highest BCUT2D eigenvalue weighted by Crippen LogP contribution is 2.36. The Morgan fingerprint density at radius 3 is 2.06 bits per heavy atom. The van der Waals surface area contributed by atoms with E-state index in [4.69, 9.17) is 4.74 Å². The van der Waals surface area contributed by atoms with Crippen LogP contribution in [0, 0.1) is 0 Å². The van der Waals surface area contributed by atoms with Crippen LogP contribution in [0.2, 0.25) is 0 Å². The molecule has 3 nitrogen and oxygen atoms in total. The number of halogens is 6. The monoisotopic (exact) mass is 509 g/mol. The first-order chi connectivity index (χ1) is 17.0. The summed E-state index contributed by atoms with van der Waals surface area (Å²) in [6, 6.07) is 18.3. The van der Waals surface area contributed by atoms with Gasteiger partial charge in [0.25, 0.3) is 0 Å². The minimum Gasteiger partial charge on any atom is -0.406 e. The first kappa shape index (κ1) is 26.0. The number of ether oxygens (including phenoxy) is 2. The minimum atomic E-state index is -4.85. The van der Waals surface area contributed by atoms with Crippen molar-refractivity contribution < 1.29 is 35.8 Å². The molecule has 0 aliphatic carbocycles. The molecule has 1 heterocycles. The van der Waals surface area contributed by atoms with Crippen molar-refractivity contribution in [1.82, 2.24) is 5.32 Å². The van der Waals surface area contributed by atoms with E-state index in [1.54, 1.807) is 6.07 Å². The Labute approximate surface area is 205 Å². The molecule has 4 rings (SSSR count). The van der Waals surface area contributed by atoms with Gasteiger partial charge in [-0.25, -0.2) is 0 Å². The van der Waals surface area contributed by atoms with E-state index in [1.165, 1.54) is 12.1 Å². The highest BCUT2D eigenvalue weighted by Gasteiger charge is 2.35. The number of piperidine rings is 1. The molecule has 0 amide bonds. The van der Waals surface area contributed by atoms with E-state index in [0.717, 1.165) is 55.8 Å². The molecule has 0 radical (unpaired) electrons. The Morgan fingerprint density at radius 1 is 0.778 bits per heavy atom. The third-order valence-electron chi connectivity index (χ3n) is 6.34. The van der Waals surface area contributed by atoms with E-state index >= 15 is 0 Å². The molecular formula is C27H25F6NO2. The average molecular weight is 509 g/mol. The average Bonchev–Trinajstić information content (AvgIpc) is 2.84. The van der Waals surface area contributed by atoms with Crippen molar-refractivity contribution in [2.75, 3.05) is 19.7 Å². The molecule has 9 heteroatoms. The zero-order valence-electron chi connectivity index (χ0n) is 19.3. The lowest BCUT2D eigenvalue weighted by Gasteiger charge is -2.38. The summed E-state index contributed by atoms with van der Waals surface area (Å²) in [6.07, 6.45) is -7.76. The molecule has 3 aromatic carbocycles. The molecule has 0 atom stereocenters. The van der Waals surface area contributed by atoms with Crippen molar-refractivity contribution in [2.24, 2.45) is 0 Å². The van der Waals surface area contributed by atoms with Crippen LogP contribution in [0.1, 0.15) is 29.5 Å². The van der Waals surface area contributed by atoms with Crippen molar-refractivity contribution in [3.8, 4) is 16.9 Å². The summed E-state index contributed by atoms with van der Waals surface area (Å²) in [5, 5.41) is 3.33. The quantitative estimate of drug-likeness (QED) is 0.345. The second-order valence-electron chi connectivity index (χ2n) is 8.88. The van der Waals surface area contributed by atoms with Gasteiger partial charge in [-0.05, 0) is 78.5 Å². The van der Waals surface area contributed by atoms with Gasteiger partial charge in [-0.15, -0.1) is 13.2 Å². The normalized spacial score (nSPS) is 16.1. The van der Waals surface area contributed by atoms with Gasteiger partial charge in [-0.3, -0.25) is 0 Å². The van der Waals surface area contributed by atoms with Crippen molar-refractivity contribution in [3.05, 3.63) is 89.5 Å². The van der Waals surface area contributed by atoms with Crippen LogP contribution in [0.4, 0.5) is 26.3 Å². The van der Waals surface area contributed by atoms with Crippen LogP contribution in [0.5, 0.6) is 5.75 Å². The van der Waals surface area contributed by atoms with Crippen molar-refractivity contribution in [2.45, 2.75) is 37.4 Å². The summed E-state index contributed by atoms with van der Waals surface area (Å²) in [4.78, 5) is 0. The molecule has 1 aliphatic heterocycles. The first-order valence-electron chi connectivity index (χ1n) is 11.5. The van der Waals surface area contributed by atoms with Crippen LogP contribution in [0.3, 0.4) is 0 Å². The Bertz CT molecular complexity index is 1140. The van der Waals surface area contributed by atoms with Crippen molar-refractivity contribution in [1.29, 1.82) is 0 Å². The van der Waals surface area contributed by atoms with E-state index in [0.29, 0.717) is 17.7 Å². The molecule has 3 aromatic rings. The SMILES string of the molecule is FC(F)(F)Oc1ccc(-c2cc(COCC3(c4ccccc4)CCNCC3)cc(C(F)(F)F)c2)cc1. The highest BCUT2D eigenvalue weighted by atomic mass is 19.4. The lowest BCUT2D eigenvalue weighted by Crippen LogP contribution is -2.43. The van der Waals surface area contributed by atoms with E-state index in [1.807, 2.05) is 30.3 Å². The molecule has 1 N–H and O–H groups in total. The van der Waals surface area contributed by atoms with Gasteiger partial charge < -0.3 is 14.8 Å². The number of alkyl halides is 6. The Morgan fingerprint density at radius 2 is 1.44 bits per heavy atom.